The molecule has 0 bridgehead atoms. The molecular formula is C44H29N3. The molecule has 0 atom stereocenters. The van der Waals surface area contributed by atoms with Crippen LogP contribution >= 0.6 is 0 Å². The quantitative estimate of drug-likeness (QED) is 0.197. The second kappa shape index (κ2) is 11.2. The molecule has 0 aliphatic heterocycles. The second-order valence-electron chi connectivity index (χ2n) is 11.9. The third-order valence-corrected chi connectivity index (χ3v) is 8.95. The summed E-state index contributed by atoms with van der Waals surface area (Å²) in [5.41, 5.74) is 15.1. The molecule has 0 fully saturated rings. The predicted molar refractivity (Wildman–Crippen MR) is 196 cm³/mol. The SMILES string of the molecule is c1ccc(-c2cccc(-c3cc(-c4ccccc4)cc(-c4ccc5nc6c(nc5c4)c4ccccc4n6-c4ccccc4)c3)c2)cc1. The van der Waals surface area contributed by atoms with E-state index in [2.05, 4.69) is 174 Å². The van der Waals surface area contributed by atoms with Crippen molar-refractivity contribution in [2.45, 2.75) is 0 Å². The van der Waals surface area contributed by atoms with Crippen LogP contribution in [0.4, 0.5) is 0 Å². The molecule has 0 radical (unpaired) electrons. The zero-order valence-electron chi connectivity index (χ0n) is 25.6. The highest BCUT2D eigenvalue weighted by Gasteiger charge is 2.16. The Bertz CT molecular complexity index is 2550. The van der Waals surface area contributed by atoms with Crippen LogP contribution in [0.1, 0.15) is 0 Å². The Morgan fingerprint density at radius 3 is 1.55 bits per heavy atom. The summed E-state index contributed by atoms with van der Waals surface area (Å²) in [6.45, 7) is 0. The molecular weight excluding hydrogens is 571 g/mol. The highest BCUT2D eigenvalue weighted by Crippen LogP contribution is 2.36. The summed E-state index contributed by atoms with van der Waals surface area (Å²) in [4.78, 5) is 10.5. The van der Waals surface area contributed by atoms with E-state index in [-0.39, 0.29) is 0 Å². The van der Waals surface area contributed by atoms with Gasteiger partial charge in [-0.25, -0.2) is 9.97 Å². The summed E-state index contributed by atoms with van der Waals surface area (Å²) in [6.07, 6.45) is 0. The van der Waals surface area contributed by atoms with Gasteiger partial charge >= 0.3 is 0 Å². The first-order valence-corrected chi connectivity index (χ1v) is 15.9. The van der Waals surface area contributed by atoms with Crippen LogP contribution in [-0.2, 0) is 0 Å². The van der Waals surface area contributed by atoms with Gasteiger partial charge in [0, 0.05) is 11.1 Å². The first-order valence-electron chi connectivity index (χ1n) is 15.9. The lowest BCUT2D eigenvalue weighted by Gasteiger charge is -2.13. The van der Waals surface area contributed by atoms with Crippen molar-refractivity contribution >= 4 is 33.1 Å². The molecule has 0 saturated heterocycles. The zero-order valence-corrected chi connectivity index (χ0v) is 25.6. The molecule has 0 spiro atoms. The smallest absolute Gasteiger partial charge is 0.165 e. The van der Waals surface area contributed by atoms with E-state index in [0.29, 0.717) is 0 Å². The zero-order chi connectivity index (χ0) is 31.2. The molecule has 0 saturated carbocycles. The van der Waals surface area contributed by atoms with E-state index in [1.807, 2.05) is 6.07 Å². The van der Waals surface area contributed by atoms with Crippen LogP contribution < -0.4 is 0 Å². The van der Waals surface area contributed by atoms with Gasteiger partial charge in [0.1, 0.15) is 5.52 Å². The van der Waals surface area contributed by atoms with Gasteiger partial charge in [-0.1, -0.05) is 121 Å². The van der Waals surface area contributed by atoms with Crippen molar-refractivity contribution in [1.29, 1.82) is 0 Å². The number of hydrogen-bond donors (Lipinski definition) is 0. The van der Waals surface area contributed by atoms with Crippen molar-refractivity contribution < 1.29 is 0 Å². The predicted octanol–water partition coefficient (Wildman–Crippen LogP) is 11.4. The van der Waals surface area contributed by atoms with Gasteiger partial charge in [0.2, 0.25) is 0 Å². The summed E-state index contributed by atoms with van der Waals surface area (Å²) in [5.74, 6) is 0. The Morgan fingerprint density at radius 2 is 0.851 bits per heavy atom. The van der Waals surface area contributed by atoms with Crippen LogP contribution in [0.15, 0.2) is 176 Å². The van der Waals surface area contributed by atoms with Crippen molar-refractivity contribution in [1.82, 2.24) is 14.5 Å². The molecule has 0 N–H and O–H groups in total. The van der Waals surface area contributed by atoms with E-state index < -0.39 is 0 Å². The lowest BCUT2D eigenvalue weighted by molar-refractivity contribution is 1.14. The number of benzene rings is 7. The molecule has 7 aromatic carbocycles. The molecule has 9 aromatic rings. The summed E-state index contributed by atoms with van der Waals surface area (Å²) in [6, 6.07) is 62.2. The number of fused-ring (bicyclic) bond motifs is 4. The van der Waals surface area contributed by atoms with Crippen LogP contribution in [0.3, 0.4) is 0 Å². The Hall–Kier alpha value is -6.32. The number of aromatic nitrogens is 3. The summed E-state index contributed by atoms with van der Waals surface area (Å²) in [7, 11) is 0. The van der Waals surface area contributed by atoms with Gasteiger partial charge in [-0.2, -0.15) is 0 Å². The maximum absolute atomic E-state index is 5.26. The van der Waals surface area contributed by atoms with Gasteiger partial charge in [0.25, 0.3) is 0 Å². The van der Waals surface area contributed by atoms with E-state index in [4.69, 9.17) is 9.97 Å². The lowest BCUT2D eigenvalue weighted by atomic mass is 9.92. The fraction of sp³-hybridized carbons (Fsp3) is 0. The number of para-hydroxylation sites is 2. The van der Waals surface area contributed by atoms with Crippen LogP contribution in [-0.4, -0.2) is 14.5 Å². The van der Waals surface area contributed by atoms with Crippen molar-refractivity contribution in [3.05, 3.63) is 176 Å². The normalized spacial score (nSPS) is 11.4. The molecule has 0 aliphatic rings. The van der Waals surface area contributed by atoms with Gasteiger partial charge in [-0.3, -0.25) is 4.57 Å². The third kappa shape index (κ3) is 4.86. The number of hydrogen-bond acceptors (Lipinski definition) is 2. The average molecular weight is 600 g/mol. The van der Waals surface area contributed by atoms with Gasteiger partial charge in [-0.05, 0) is 99.1 Å². The summed E-state index contributed by atoms with van der Waals surface area (Å²) in [5, 5.41) is 1.10. The fourth-order valence-electron chi connectivity index (χ4n) is 6.65. The maximum Gasteiger partial charge on any atom is 0.165 e. The lowest BCUT2D eigenvalue weighted by Crippen LogP contribution is -1.96. The summed E-state index contributed by atoms with van der Waals surface area (Å²) >= 11 is 0. The Kier molecular flexibility index (Phi) is 6.46. The third-order valence-electron chi connectivity index (χ3n) is 8.95. The minimum atomic E-state index is 0.865. The topological polar surface area (TPSA) is 30.7 Å². The Balaban J connectivity index is 1.22. The number of rotatable bonds is 5. The van der Waals surface area contributed by atoms with Crippen LogP contribution in [0, 0.1) is 0 Å². The largest absolute Gasteiger partial charge is 0.293 e. The van der Waals surface area contributed by atoms with Crippen LogP contribution in [0.2, 0.25) is 0 Å². The molecule has 47 heavy (non-hydrogen) atoms. The first kappa shape index (κ1) is 27.0. The van der Waals surface area contributed by atoms with E-state index >= 15 is 0 Å². The molecule has 9 rings (SSSR count). The average Bonchev–Trinajstić information content (AvgIpc) is 3.47. The molecule has 2 heterocycles. The van der Waals surface area contributed by atoms with Crippen molar-refractivity contribution in [2.75, 3.05) is 0 Å². The molecule has 2 aromatic heterocycles. The Labute approximate surface area is 273 Å². The first-order chi connectivity index (χ1) is 23.3. The van der Waals surface area contributed by atoms with Crippen molar-refractivity contribution in [3.8, 4) is 50.2 Å². The van der Waals surface area contributed by atoms with E-state index in [1.165, 1.54) is 33.4 Å². The van der Waals surface area contributed by atoms with Crippen molar-refractivity contribution in [2.24, 2.45) is 0 Å². The molecule has 3 nitrogen and oxygen atoms in total. The highest BCUT2D eigenvalue weighted by atomic mass is 15.1. The second-order valence-corrected chi connectivity index (χ2v) is 11.9. The molecule has 0 aliphatic carbocycles. The highest BCUT2D eigenvalue weighted by molar-refractivity contribution is 6.07. The minimum absolute atomic E-state index is 0.865. The van der Waals surface area contributed by atoms with Gasteiger partial charge in [-0.15, -0.1) is 0 Å². The van der Waals surface area contributed by atoms with Gasteiger partial charge in [0.05, 0.1) is 16.6 Å². The van der Waals surface area contributed by atoms with E-state index in [0.717, 1.165) is 49.9 Å². The minimum Gasteiger partial charge on any atom is -0.293 e. The van der Waals surface area contributed by atoms with Crippen LogP contribution in [0.25, 0.3) is 83.3 Å². The molecule has 220 valence electrons. The molecule has 0 unspecified atom stereocenters. The van der Waals surface area contributed by atoms with E-state index in [1.54, 1.807) is 0 Å². The summed E-state index contributed by atoms with van der Waals surface area (Å²) < 4.78 is 2.21. The fourth-order valence-corrected chi connectivity index (χ4v) is 6.65. The van der Waals surface area contributed by atoms with Gasteiger partial charge in [0.15, 0.2) is 5.65 Å². The monoisotopic (exact) mass is 599 g/mol. The standard InChI is InChI=1S/C44H29N3/c1-4-13-30(14-5-1)32-17-12-18-33(25-32)36-26-35(31-15-6-2-7-16-31)27-37(28-36)34-23-24-40-41(29-34)45-43-39-21-10-11-22-42(39)47(44(43)46-40)38-19-8-3-9-20-38/h1-29H. The number of nitrogens with zero attached hydrogens (tertiary/aromatic N) is 3. The van der Waals surface area contributed by atoms with Crippen LogP contribution in [0.5, 0.6) is 0 Å². The molecule has 0 amide bonds. The van der Waals surface area contributed by atoms with Gasteiger partial charge < -0.3 is 0 Å². The Morgan fingerprint density at radius 1 is 0.340 bits per heavy atom. The van der Waals surface area contributed by atoms with Crippen molar-refractivity contribution in [3.63, 3.8) is 0 Å². The van der Waals surface area contributed by atoms with E-state index in [9.17, 15) is 0 Å². The molecule has 3 heteroatoms. The maximum atomic E-state index is 5.26.